The molecular weight excluding hydrogens is 380 g/mol. The van der Waals surface area contributed by atoms with Crippen molar-refractivity contribution in [2.24, 2.45) is 4.99 Å². The normalized spacial score (nSPS) is 16.3. The summed E-state index contributed by atoms with van der Waals surface area (Å²) in [4.78, 5) is 7.88. The number of aromatic nitrogens is 1. The molecule has 2 aromatic rings. The molecule has 1 heterocycles. The van der Waals surface area contributed by atoms with Crippen molar-refractivity contribution in [3.8, 4) is 0 Å². The Labute approximate surface area is 158 Å². The second-order valence-electron chi connectivity index (χ2n) is 6.43. The number of thiazole rings is 1. The molecule has 27 heavy (non-hydrogen) atoms. The van der Waals surface area contributed by atoms with Gasteiger partial charge in [-0.25, -0.2) is 14.4 Å². The molecule has 1 aliphatic rings. The second kappa shape index (κ2) is 7.84. The topological polar surface area (TPSA) is 49.3 Å². The van der Waals surface area contributed by atoms with Crippen LogP contribution >= 0.6 is 11.3 Å². The number of nitrogens with zero attached hydrogens (tertiary/aromatic N) is 2. The molecular formula is C18H20F4N4S. The minimum Gasteiger partial charge on any atom is -0.357 e. The van der Waals surface area contributed by atoms with Crippen LogP contribution in [0, 0.1) is 5.82 Å². The monoisotopic (exact) mass is 400 g/mol. The third-order valence-electron chi connectivity index (χ3n) is 4.45. The molecule has 146 valence electrons. The number of alkyl halides is 3. The van der Waals surface area contributed by atoms with Gasteiger partial charge in [-0.2, -0.15) is 13.2 Å². The molecule has 0 amide bonds. The highest BCUT2D eigenvalue weighted by molar-refractivity contribution is 7.09. The lowest BCUT2D eigenvalue weighted by Gasteiger charge is -2.19. The Morgan fingerprint density at radius 1 is 1.26 bits per heavy atom. The van der Waals surface area contributed by atoms with Crippen molar-refractivity contribution in [3.05, 3.63) is 51.7 Å². The van der Waals surface area contributed by atoms with Gasteiger partial charge in [0.1, 0.15) is 10.8 Å². The van der Waals surface area contributed by atoms with Crippen LogP contribution in [-0.2, 0) is 18.1 Å². The van der Waals surface area contributed by atoms with E-state index < -0.39 is 11.9 Å². The average Bonchev–Trinajstić information content (AvgIpc) is 3.24. The molecule has 0 spiro atoms. The third-order valence-corrected chi connectivity index (χ3v) is 5.29. The molecule has 1 saturated carbocycles. The van der Waals surface area contributed by atoms with E-state index in [0.717, 1.165) is 29.6 Å². The maximum atomic E-state index is 14.1. The van der Waals surface area contributed by atoms with Gasteiger partial charge in [-0.3, -0.25) is 0 Å². The van der Waals surface area contributed by atoms with Crippen molar-refractivity contribution >= 4 is 17.3 Å². The predicted molar refractivity (Wildman–Crippen MR) is 97.2 cm³/mol. The standard InChI is InChI=1S/C18H20F4N4S/c1-2-23-16(24-9-15-26-14(10-27-15)18(20,21)22)25-11-17(7-8-17)12-5-3-4-6-13(12)19/h3-6,10H,2,7-9,11H2,1H3,(H2,23,24,25). The number of benzene rings is 1. The first-order valence-electron chi connectivity index (χ1n) is 8.63. The molecule has 0 unspecified atom stereocenters. The van der Waals surface area contributed by atoms with E-state index in [9.17, 15) is 17.6 Å². The lowest BCUT2D eigenvalue weighted by Crippen LogP contribution is -2.41. The summed E-state index contributed by atoms with van der Waals surface area (Å²) in [7, 11) is 0. The van der Waals surface area contributed by atoms with Crippen LogP contribution in [0.2, 0.25) is 0 Å². The molecule has 4 nitrogen and oxygen atoms in total. The molecule has 1 aliphatic carbocycles. The fraction of sp³-hybridized carbons (Fsp3) is 0.444. The van der Waals surface area contributed by atoms with Crippen molar-refractivity contribution in [2.45, 2.75) is 37.9 Å². The van der Waals surface area contributed by atoms with Gasteiger partial charge in [0, 0.05) is 23.9 Å². The van der Waals surface area contributed by atoms with Crippen LogP contribution in [0.5, 0.6) is 0 Å². The molecule has 0 radical (unpaired) electrons. The van der Waals surface area contributed by atoms with Gasteiger partial charge >= 0.3 is 6.18 Å². The van der Waals surface area contributed by atoms with Crippen LogP contribution in [0.4, 0.5) is 17.6 Å². The molecule has 1 fully saturated rings. The largest absolute Gasteiger partial charge is 0.434 e. The summed E-state index contributed by atoms with van der Waals surface area (Å²) in [6.07, 6.45) is -2.69. The first-order valence-corrected chi connectivity index (χ1v) is 9.51. The van der Waals surface area contributed by atoms with Crippen LogP contribution in [0.3, 0.4) is 0 Å². The summed E-state index contributed by atoms with van der Waals surface area (Å²) < 4.78 is 52.0. The highest BCUT2D eigenvalue weighted by atomic mass is 32.1. The Hall–Kier alpha value is -2.16. The number of guanidine groups is 1. The predicted octanol–water partition coefficient (Wildman–Crippen LogP) is 4.09. The van der Waals surface area contributed by atoms with Crippen molar-refractivity contribution in [3.63, 3.8) is 0 Å². The first kappa shape index (κ1) is 19.6. The molecule has 0 saturated heterocycles. The Kier molecular flexibility index (Phi) is 5.69. The van der Waals surface area contributed by atoms with Gasteiger partial charge in [-0.1, -0.05) is 18.2 Å². The van der Waals surface area contributed by atoms with E-state index in [1.54, 1.807) is 12.1 Å². The summed E-state index contributed by atoms with van der Waals surface area (Å²) in [6.45, 7) is 3.05. The van der Waals surface area contributed by atoms with E-state index in [0.29, 0.717) is 24.6 Å². The third kappa shape index (κ3) is 4.77. The highest BCUT2D eigenvalue weighted by Gasteiger charge is 2.45. The number of hydrogen-bond donors (Lipinski definition) is 2. The maximum Gasteiger partial charge on any atom is 0.434 e. The van der Waals surface area contributed by atoms with E-state index in [1.165, 1.54) is 6.07 Å². The Morgan fingerprint density at radius 2 is 2.00 bits per heavy atom. The number of hydrogen-bond acceptors (Lipinski definition) is 3. The van der Waals surface area contributed by atoms with Crippen LogP contribution in [0.15, 0.2) is 34.6 Å². The summed E-state index contributed by atoms with van der Waals surface area (Å²) >= 11 is 0.928. The SMILES string of the molecule is CCNC(=NCc1nc(C(F)(F)F)cs1)NCC1(c2ccccc2F)CC1. The zero-order valence-electron chi connectivity index (χ0n) is 14.7. The van der Waals surface area contributed by atoms with Crippen LogP contribution < -0.4 is 10.6 Å². The van der Waals surface area contributed by atoms with Gasteiger partial charge in [-0.05, 0) is 31.4 Å². The summed E-state index contributed by atoms with van der Waals surface area (Å²) in [5.74, 6) is 0.255. The zero-order valence-corrected chi connectivity index (χ0v) is 15.6. The van der Waals surface area contributed by atoms with E-state index in [4.69, 9.17) is 0 Å². The van der Waals surface area contributed by atoms with E-state index >= 15 is 0 Å². The lowest BCUT2D eigenvalue weighted by atomic mass is 9.95. The Bertz CT molecular complexity index is 812. The van der Waals surface area contributed by atoms with E-state index in [-0.39, 0.29) is 22.8 Å². The fourth-order valence-corrected chi connectivity index (χ4v) is 3.56. The summed E-state index contributed by atoms with van der Waals surface area (Å²) in [5, 5.41) is 7.51. The average molecular weight is 400 g/mol. The number of halogens is 4. The van der Waals surface area contributed by atoms with Crippen molar-refractivity contribution in [1.82, 2.24) is 15.6 Å². The van der Waals surface area contributed by atoms with Crippen LogP contribution in [0.25, 0.3) is 0 Å². The van der Waals surface area contributed by atoms with Crippen LogP contribution in [0.1, 0.15) is 36.0 Å². The second-order valence-corrected chi connectivity index (χ2v) is 7.38. The van der Waals surface area contributed by atoms with Gasteiger partial charge in [0.15, 0.2) is 11.7 Å². The van der Waals surface area contributed by atoms with Gasteiger partial charge < -0.3 is 10.6 Å². The Morgan fingerprint density at radius 3 is 2.59 bits per heavy atom. The molecule has 0 aliphatic heterocycles. The molecule has 0 bridgehead atoms. The molecule has 0 atom stereocenters. The van der Waals surface area contributed by atoms with E-state index in [1.807, 2.05) is 13.0 Å². The quantitative estimate of drug-likeness (QED) is 0.436. The molecule has 2 N–H and O–H groups in total. The fourth-order valence-electron chi connectivity index (χ4n) is 2.84. The molecule has 1 aromatic heterocycles. The van der Waals surface area contributed by atoms with Crippen molar-refractivity contribution in [2.75, 3.05) is 13.1 Å². The summed E-state index contributed by atoms with van der Waals surface area (Å²) in [5.41, 5.74) is -0.471. The zero-order chi connectivity index (χ0) is 19.5. The van der Waals surface area contributed by atoms with Gasteiger partial charge in [0.2, 0.25) is 0 Å². The minimum absolute atomic E-state index is 0.0444. The lowest BCUT2D eigenvalue weighted by molar-refractivity contribution is -0.140. The molecule has 9 heteroatoms. The number of aliphatic imine (C=N–C) groups is 1. The smallest absolute Gasteiger partial charge is 0.357 e. The molecule has 1 aromatic carbocycles. The Balaban J connectivity index is 1.65. The number of rotatable bonds is 6. The maximum absolute atomic E-state index is 14.1. The van der Waals surface area contributed by atoms with Gasteiger partial charge in [-0.15, -0.1) is 11.3 Å². The first-order chi connectivity index (χ1) is 12.8. The van der Waals surface area contributed by atoms with E-state index in [2.05, 4.69) is 20.6 Å². The van der Waals surface area contributed by atoms with Crippen molar-refractivity contribution < 1.29 is 17.6 Å². The van der Waals surface area contributed by atoms with Gasteiger partial charge in [0.05, 0.1) is 6.54 Å². The number of nitrogens with one attached hydrogen (secondary N) is 2. The minimum atomic E-state index is -4.45. The summed E-state index contributed by atoms with van der Waals surface area (Å²) in [6, 6.07) is 6.73. The van der Waals surface area contributed by atoms with Crippen LogP contribution in [-0.4, -0.2) is 24.0 Å². The van der Waals surface area contributed by atoms with Gasteiger partial charge in [0.25, 0.3) is 0 Å². The molecule has 3 rings (SSSR count). The highest BCUT2D eigenvalue weighted by Crippen LogP contribution is 2.48. The van der Waals surface area contributed by atoms with Crippen molar-refractivity contribution in [1.29, 1.82) is 0 Å².